The largest absolute Gasteiger partial charge is 0.573 e. The van der Waals surface area contributed by atoms with E-state index < -0.39 is 22.7 Å². The van der Waals surface area contributed by atoms with Gasteiger partial charge in [0.15, 0.2) is 5.76 Å². The van der Waals surface area contributed by atoms with Crippen molar-refractivity contribution in [1.29, 1.82) is 0 Å². The first-order valence-electron chi connectivity index (χ1n) is 10.4. The van der Waals surface area contributed by atoms with Crippen LogP contribution >= 0.6 is 11.3 Å². The molecule has 2 atom stereocenters. The summed E-state index contributed by atoms with van der Waals surface area (Å²) in [6.45, 7) is 2.01. The summed E-state index contributed by atoms with van der Waals surface area (Å²) >= 11 is 1.55. The lowest BCUT2D eigenvalue weighted by atomic mass is 9.79. The van der Waals surface area contributed by atoms with E-state index in [0.717, 1.165) is 10.4 Å². The average Bonchev–Trinajstić information content (AvgIpc) is 3.26. The number of allylic oxidation sites excluding steroid dienone is 2. The summed E-state index contributed by atoms with van der Waals surface area (Å²) in [7, 11) is 1.33. The topological polar surface area (TPSA) is 81.9 Å². The molecule has 0 saturated heterocycles. The zero-order valence-corrected chi connectivity index (χ0v) is 19.1. The van der Waals surface area contributed by atoms with E-state index in [4.69, 9.17) is 4.74 Å². The van der Waals surface area contributed by atoms with Gasteiger partial charge in [0, 0.05) is 11.4 Å². The van der Waals surface area contributed by atoms with Gasteiger partial charge in [0.1, 0.15) is 5.75 Å². The quantitative estimate of drug-likeness (QED) is 0.420. The Hall–Kier alpha value is -3.34. The molecule has 0 N–H and O–H groups in total. The lowest BCUT2D eigenvalue weighted by Crippen LogP contribution is -2.47. The van der Waals surface area contributed by atoms with Gasteiger partial charge in [0.2, 0.25) is 5.91 Å². The van der Waals surface area contributed by atoms with E-state index in [0.29, 0.717) is 18.5 Å². The zero-order valence-electron chi connectivity index (χ0n) is 18.3. The van der Waals surface area contributed by atoms with Gasteiger partial charge < -0.3 is 14.4 Å². The van der Waals surface area contributed by atoms with Gasteiger partial charge in [-0.1, -0.05) is 18.2 Å². The highest BCUT2D eigenvalue weighted by Crippen LogP contribution is 2.43. The third kappa shape index (κ3) is 4.52. The van der Waals surface area contributed by atoms with E-state index in [1.807, 2.05) is 11.4 Å². The van der Waals surface area contributed by atoms with Gasteiger partial charge in [0.05, 0.1) is 29.9 Å². The average molecular weight is 494 g/mol. The second kappa shape index (κ2) is 8.79. The SMILES string of the molecule is COC1=C([N+](=O)[O-])CC(C)(C(=O)N2CCc3sccc3C2c2ccc(OC(F)(F)F)cc2)C=C1. The summed E-state index contributed by atoms with van der Waals surface area (Å²) < 4.78 is 46.8. The first kappa shape index (κ1) is 23.8. The molecule has 1 aromatic carbocycles. The second-order valence-electron chi connectivity index (χ2n) is 8.27. The molecule has 180 valence electrons. The monoisotopic (exact) mass is 494 g/mol. The Balaban J connectivity index is 1.68. The highest BCUT2D eigenvalue weighted by Gasteiger charge is 2.45. The summed E-state index contributed by atoms with van der Waals surface area (Å²) in [5, 5.41) is 13.5. The Morgan fingerprint density at radius 2 is 1.97 bits per heavy atom. The summed E-state index contributed by atoms with van der Waals surface area (Å²) in [6, 6.07) is 6.79. The van der Waals surface area contributed by atoms with Crippen LogP contribution in [0.25, 0.3) is 0 Å². The maximum Gasteiger partial charge on any atom is 0.573 e. The Morgan fingerprint density at radius 1 is 1.26 bits per heavy atom. The Kier molecular flexibility index (Phi) is 6.15. The molecule has 1 aromatic heterocycles. The highest BCUT2D eigenvalue weighted by atomic mass is 32.1. The molecule has 7 nitrogen and oxygen atoms in total. The smallest absolute Gasteiger partial charge is 0.490 e. The van der Waals surface area contributed by atoms with E-state index in [9.17, 15) is 28.1 Å². The van der Waals surface area contributed by atoms with E-state index in [2.05, 4.69) is 4.74 Å². The van der Waals surface area contributed by atoms with Crippen LogP contribution in [0.4, 0.5) is 13.2 Å². The maximum absolute atomic E-state index is 13.8. The van der Waals surface area contributed by atoms with E-state index in [-0.39, 0.29) is 29.5 Å². The van der Waals surface area contributed by atoms with Crippen LogP contribution in [-0.4, -0.2) is 35.7 Å². The number of nitro groups is 1. The van der Waals surface area contributed by atoms with Gasteiger partial charge in [-0.05, 0) is 54.1 Å². The van der Waals surface area contributed by atoms with Crippen LogP contribution < -0.4 is 4.74 Å². The van der Waals surface area contributed by atoms with E-state index in [1.54, 1.807) is 29.2 Å². The van der Waals surface area contributed by atoms with Crippen molar-refractivity contribution in [3.05, 3.63) is 85.4 Å². The number of carbonyl (C=O) groups excluding carboxylic acids is 1. The minimum Gasteiger partial charge on any atom is -0.490 e. The molecule has 2 heterocycles. The van der Waals surface area contributed by atoms with Gasteiger partial charge in [-0.3, -0.25) is 14.9 Å². The van der Waals surface area contributed by atoms with Crippen LogP contribution in [-0.2, 0) is 16.0 Å². The number of halogens is 3. The molecule has 2 unspecified atom stereocenters. The molecular formula is C23H21F3N2O5S. The van der Waals surface area contributed by atoms with Crippen LogP contribution in [0.15, 0.2) is 59.3 Å². The molecule has 0 fully saturated rings. The van der Waals surface area contributed by atoms with Gasteiger partial charge in [-0.2, -0.15) is 0 Å². The van der Waals surface area contributed by atoms with Gasteiger partial charge in [-0.25, -0.2) is 0 Å². The van der Waals surface area contributed by atoms with Crippen molar-refractivity contribution in [1.82, 2.24) is 4.90 Å². The predicted octanol–water partition coefficient (Wildman–Crippen LogP) is 5.22. The van der Waals surface area contributed by atoms with E-state index in [1.165, 1.54) is 37.5 Å². The number of hydrogen-bond acceptors (Lipinski definition) is 6. The predicted molar refractivity (Wildman–Crippen MR) is 118 cm³/mol. The van der Waals surface area contributed by atoms with Crippen molar-refractivity contribution < 1.29 is 32.4 Å². The third-order valence-electron chi connectivity index (χ3n) is 6.01. The number of amides is 1. The molecule has 1 aliphatic heterocycles. The molecule has 11 heteroatoms. The number of hydrogen-bond donors (Lipinski definition) is 0. The molecule has 0 radical (unpaired) electrons. The molecule has 2 aliphatic rings. The van der Waals surface area contributed by atoms with E-state index >= 15 is 0 Å². The fourth-order valence-electron chi connectivity index (χ4n) is 4.41. The van der Waals surface area contributed by atoms with Gasteiger partial charge >= 0.3 is 6.36 Å². The fourth-order valence-corrected chi connectivity index (χ4v) is 5.32. The zero-order chi connectivity index (χ0) is 24.7. The third-order valence-corrected chi connectivity index (χ3v) is 7.00. The molecular weight excluding hydrogens is 473 g/mol. The second-order valence-corrected chi connectivity index (χ2v) is 9.27. The molecule has 2 aromatic rings. The fraction of sp³-hybridized carbons (Fsp3) is 0.348. The normalized spacial score (nSPS) is 22.4. The minimum absolute atomic E-state index is 0.103. The Bertz CT molecular complexity index is 1170. The number of ether oxygens (including phenoxy) is 2. The summed E-state index contributed by atoms with van der Waals surface area (Å²) in [5.74, 6) is -0.563. The van der Waals surface area contributed by atoms with Gasteiger partial charge in [-0.15, -0.1) is 24.5 Å². The minimum atomic E-state index is -4.81. The Labute approximate surface area is 197 Å². The van der Waals surface area contributed by atoms with Crippen LogP contribution in [0.3, 0.4) is 0 Å². The van der Waals surface area contributed by atoms with Crippen molar-refractivity contribution in [2.45, 2.75) is 32.2 Å². The maximum atomic E-state index is 13.8. The van der Waals surface area contributed by atoms with Gasteiger partial charge in [0.25, 0.3) is 5.70 Å². The van der Waals surface area contributed by atoms with Crippen LogP contribution in [0.2, 0.25) is 0 Å². The molecule has 1 aliphatic carbocycles. The number of carbonyl (C=O) groups is 1. The van der Waals surface area contributed by atoms with Crippen molar-refractivity contribution in [2.24, 2.45) is 5.41 Å². The van der Waals surface area contributed by atoms with Crippen molar-refractivity contribution >= 4 is 17.2 Å². The number of nitrogens with zero attached hydrogens (tertiary/aromatic N) is 2. The Morgan fingerprint density at radius 3 is 2.59 bits per heavy atom. The number of methoxy groups -OCH3 is 1. The number of fused-ring (bicyclic) bond motifs is 1. The van der Waals surface area contributed by atoms with Crippen molar-refractivity contribution in [3.8, 4) is 5.75 Å². The lowest BCUT2D eigenvalue weighted by molar-refractivity contribution is -0.432. The number of thiophene rings is 1. The molecule has 0 spiro atoms. The molecule has 1 amide bonds. The summed E-state index contributed by atoms with van der Waals surface area (Å²) in [6.07, 6.45) is -1.28. The first-order valence-corrected chi connectivity index (χ1v) is 11.2. The standard InChI is InChI=1S/C23H21F3N2O5S/c1-22(10-7-18(32-2)17(13-22)28(30)31)21(29)27-11-8-19-16(9-12-34-19)20(27)14-3-5-15(6-4-14)33-23(24,25)26/h3-7,9-10,12,20H,8,11,13H2,1-2H3. The van der Waals surface area contributed by atoms with Crippen LogP contribution in [0.1, 0.15) is 35.4 Å². The molecule has 0 saturated carbocycles. The van der Waals surface area contributed by atoms with Crippen LogP contribution in [0, 0.1) is 15.5 Å². The van der Waals surface area contributed by atoms with Crippen molar-refractivity contribution in [3.63, 3.8) is 0 Å². The number of rotatable bonds is 5. The highest BCUT2D eigenvalue weighted by molar-refractivity contribution is 7.10. The summed E-state index contributed by atoms with van der Waals surface area (Å²) in [5.41, 5.74) is 0.142. The van der Waals surface area contributed by atoms with Crippen LogP contribution in [0.5, 0.6) is 5.75 Å². The molecule has 4 rings (SSSR count). The first-order chi connectivity index (χ1) is 16.0. The van der Waals surface area contributed by atoms with Crippen molar-refractivity contribution in [2.75, 3.05) is 13.7 Å². The number of benzene rings is 1. The number of alkyl halides is 3. The molecule has 34 heavy (non-hydrogen) atoms. The lowest BCUT2D eigenvalue weighted by Gasteiger charge is -2.41. The molecule has 0 bridgehead atoms. The summed E-state index contributed by atoms with van der Waals surface area (Å²) in [4.78, 5) is 27.6.